The Bertz CT molecular complexity index is 672. The van der Waals surface area contributed by atoms with Crippen molar-refractivity contribution in [3.8, 4) is 29.1 Å². The topological polar surface area (TPSA) is 72.7 Å². The van der Waals surface area contributed by atoms with Crippen molar-refractivity contribution in [2.45, 2.75) is 13.0 Å². The fourth-order valence-corrected chi connectivity index (χ4v) is 2.11. The van der Waals surface area contributed by atoms with Gasteiger partial charge in [0.25, 0.3) is 0 Å². The molecule has 0 aliphatic carbocycles. The summed E-state index contributed by atoms with van der Waals surface area (Å²) < 4.78 is 0. The summed E-state index contributed by atoms with van der Waals surface area (Å²) in [4.78, 5) is 0. The van der Waals surface area contributed by atoms with Gasteiger partial charge >= 0.3 is 0 Å². The van der Waals surface area contributed by atoms with Crippen molar-refractivity contribution >= 4 is 0 Å². The van der Waals surface area contributed by atoms with Gasteiger partial charge in [-0.05, 0) is 24.6 Å². The second-order valence-electron chi connectivity index (χ2n) is 4.52. The Balaban J connectivity index is 2.44. The van der Waals surface area contributed by atoms with E-state index >= 15 is 0 Å². The highest BCUT2D eigenvalue weighted by Gasteiger charge is 2.20. The number of rotatable bonds is 4. The molecule has 0 bridgehead atoms. The average Bonchev–Trinajstić information content (AvgIpc) is 2.51. The Labute approximate surface area is 123 Å². The van der Waals surface area contributed by atoms with Crippen LogP contribution in [0.15, 0.2) is 42.5 Å². The van der Waals surface area contributed by atoms with Crippen molar-refractivity contribution in [3.05, 3.63) is 53.6 Å². The Hall–Kier alpha value is -2.64. The largest absolute Gasteiger partial charge is 0.504 e. The van der Waals surface area contributed by atoms with E-state index in [2.05, 4.69) is 17.2 Å². The molecule has 1 unspecified atom stereocenters. The first kappa shape index (κ1) is 14.8. The molecule has 4 heteroatoms. The van der Waals surface area contributed by atoms with Crippen LogP contribution in [0.4, 0.5) is 0 Å². The molecule has 4 N–H and O–H groups in total. The molecule has 0 saturated heterocycles. The lowest BCUT2D eigenvalue weighted by molar-refractivity contribution is 0.362. The van der Waals surface area contributed by atoms with Crippen molar-refractivity contribution in [3.63, 3.8) is 0 Å². The van der Waals surface area contributed by atoms with E-state index in [-0.39, 0.29) is 17.5 Å². The zero-order valence-electron chi connectivity index (χ0n) is 11.7. The number of hydrogen-bond donors (Lipinski definition) is 4. The summed E-state index contributed by atoms with van der Waals surface area (Å²) in [7, 11) is 0. The molecule has 0 aliphatic heterocycles. The predicted octanol–water partition coefficient (Wildman–Crippen LogP) is 2.51. The van der Waals surface area contributed by atoms with Crippen molar-refractivity contribution in [2.75, 3.05) is 6.54 Å². The molecule has 4 nitrogen and oxygen atoms in total. The molecule has 0 heterocycles. The summed E-state index contributed by atoms with van der Waals surface area (Å²) in [6.45, 7) is 2.19. The number of aromatic hydroxyl groups is 3. The maximum absolute atomic E-state index is 10.1. The molecule has 0 fully saturated rings. The first-order valence-electron chi connectivity index (χ1n) is 6.57. The van der Waals surface area contributed by atoms with Gasteiger partial charge in [-0.25, -0.2) is 0 Å². The molecule has 2 aromatic rings. The normalized spacial score (nSPS) is 11.5. The van der Waals surface area contributed by atoms with Crippen LogP contribution in [0, 0.1) is 11.8 Å². The molecular weight excluding hydrogens is 266 g/mol. The highest BCUT2D eigenvalue weighted by Crippen LogP contribution is 2.41. The third-order valence-corrected chi connectivity index (χ3v) is 3.18. The van der Waals surface area contributed by atoms with Gasteiger partial charge in [-0.15, -0.1) is 5.92 Å². The van der Waals surface area contributed by atoms with E-state index in [0.717, 1.165) is 5.56 Å². The van der Waals surface area contributed by atoms with Gasteiger partial charge in [0.05, 0.1) is 12.6 Å². The quantitative estimate of drug-likeness (QED) is 0.514. The van der Waals surface area contributed by atoms with Crippen LogP contribution in [0.5, 0.6) is 17.2 Å². The predicted molar refractivity (Wildman–Crippen MR) is 81.2 cm³/mol. The standard InChI is InChI=1S/C17H17NO3/c1-2-3-11-18-15(12-7-5-4-6-8-12)13-9-10-14(19)17(21)16(13)20/h4-10,15,18-21H,11H2,1H3. The van der Waals surface area contributed by atoms with Crippen LogP contribution >= 0.6 is 0 Å². The smallest absolute Gasteiger partial charge is 0.200 e. The third-order valence-electron chi connectivity index (χ3n) is 3.18. The second-order valence-corrected chi connectivity index (χ2v) is 4.52. The van der Waals surface area contributed by atoms with Gasteiger partial charge in [0.2, 0.25) is 5.75 Å². The highest BCUT2D eigenvalue weighted by molar-refractivity contribution is 5.55. The van der Waals surface area contributed by atoms with Gasteiger partial charge in [-0.2, -0.15) is 0 Å². The molecule has 108 valence electrons. The summed E-state index contributed by atoms with van der Waals surface area (Å²) in [5, 5.41) is 32.4. The lowest BCUT2D eigenvalue weighted by Gasteiger charge is -2.20. The number of nitrogens with one attached hydrogen (secondary N) is 1. The van der Waals surface area contributed by atoms with Crippen molar-refractivity contribution < 1.29 is 15.3 Å². The summed E-state index contributed by atoms with van der Waals surface area (Å²) in [6.07, 6.45) is 0. The van der Waals surface area contributed by atoms with Crippen LogP contribution in [-0.2, 0) is 0 Å². The molecule has 0 amide bonds. The minimum absolute atomic E-state index is 0.333. The van der Waals surface area contributed by atoms with Gasteiger partial charge in [-0.1, -0.05) is 36.3 Å². The molecule has 2 rings (SSSR count). The van der Waals surface area contributed by atoms with E-state index < -0.39 is 5.75 Å². The fraction of sp³-hybridized carbons (Fsp3) is 0.176. The Morgan fingerprint density at radius 2 is 1.71 bits per heavy atom. The summed E-state index contributed by atoms with van der Waals surface area (Å²) >= 11 is 0. The molecule has 0 saturated carbocycles. The van der Waals surface area contributed by atoms with Gasteiger partial charge in [0.15, 0.2) is 11.5 Å². The zero-order chi connectivity index (χ0) is 15.2. The van der Waals surface area contributed by atoms with Crippen molar-refractivity contribution in [2.24, 2.45) is 0 Å². The van der Waals surface area contributed by atoms with Crippen LogP contribution in [0.3, 0.4) is 0 Å². The first-order valence-corrected chi connectivity index (χ1v) is 6.57. The molecule has 0 aliphatic rings. The number of benzene rings is 2. The van der Waals surface area contributed by atoms with Gasteiger partial charge in [-0.3, -0.25) is 5.32 Å². The SMILES string of the molecule is CC#CCNC(c1ccccc1)c1ccc(O)c(O)c1O. The molecule has 1 atom stereocenters. The molecule has 0 aromatic heterocycles. The van der Waals surface area contributed by atoms with Gasteiger partial charge in [0, 0.05) is 5.56 Å². The molecule has 0 spiro atoms. The maximum atomic E-state index is 10.1. The Morgan fingerprint density at radius 1 is 1.00 bits per heavy atom. The Morgan fingerprint density at radius 3 is 2.38 bits per heavy atom. The van der Waals surface area contributed by atoms with E-state index in [1.807, 2.05) is 30.3 Å². The van der Waals surface area contributed by atoms with E-state index in [4.69, 9.17) is 0 Å². The molecule has 0 radical (unpaired) electrons. The van der Waals surface area contributed by atoms with E-state index in [9.17, 15) is 15.3 Å². The minimum atomic E-state index is -0.517. The van der Waals surface area contributed by atoms with Gasteiger partial charge < -0.3 is 15.3 Å². The van der Waals surface area contributed by atoms with Crippen molar-refractivity contribution in [1.29, 1.82) is 0 Å². The maximum Gasteiger partial charge on any atom is 0.200 e. The molecular formula is C17H17NO3. The second kappa shape index (κ2) is 6.69. The Kier molecular flexibility index (Phi) is 4.70. The van der Waals surface area contributed by atoms with E-state index in [1.54, 1.807) is 13.0 Å². The highest BCUT2D eigenvalue weighted by atomic mass is 16.3. The number of hydrogen-bond acceptors (Lipinski definition) is 4. The lowest BCUT2D eigenvalue weighted by atomic mass is 9.97. The third kappa shape index (κ3) is 3.28. The van der Waals surface area contributed by atoms with Crippen LogP contribution in [0.2, 0.25) is 0 Å². The van der Waals surface area contributed by atoms with Crippen LogP contribution in [0.25, 0.3) is 0 Å². The number of phenols is 3. The van der Waals surface area contributed by atoms with Gasteiger partial charge in [0.1, 0.15) is 0 Å². The zero-order valence-corrected chi connectivity index (χ0v) is 11.7. The lowest BCUT2D eigenvalue weighted by Crippen LogP contribution is -2.22. The summed E-state index contributed by atoms with van der Waals surface area (Å²) in [5.41, 5.74) is 1.41. The summed E-state index contributed by atoms with van der Waals surface area (Å²) in [5.74, 6) is 4.51. The van der Waals surface area contributed by atoms with E-state index in [0.29, 0.717) is 12.1 Å². The van der Waals surface area contributed by atoms with Crippen LogP contribution < -0.4 is 5.32 Å². The fourth-order valence-electron chi connectivity index (χ4n) is 2.11. The minimum Gasteiger partial charge on any atom is -0.504 e. The average molecular weight is 283 g/mol. The monoisotopic (exact) mass is 283 g/mol. The van der Waals surface area contributed by atoms with Crippen LogP contribution in [0.1, 0.15) is 24.1 Å². The van der Waals surface area contributed by atoms with Crippen molar-refractivity contribution in [1.82, 2.24) is 5.32 Å². The first-order chi connectivity index (χ1) is 10.1. The van der Waals surface area contributed by atoms with Crippen LogP contribution in [-0.4, -0.2) is 21.9 Å². The summed E-state index contributed by atoms with van der Waals surface area (Å²) in [6, 6.07) is 12.1. The molecule has 21 heavy (non-hydrogen) atoms. The molecule has 2 aromatic carbocycles. The van der Waals surface area contributed by atoms with E-state index in [1.165, 1.54) is 6.07 Å². The number of phenolic OH excluding ortho intramolecular Hbond substituents is 3.